The molecule has 2 aliphatic heterocycles. The van der Waals surface area contributed by atoms with Crippen molar-refractivity contribution in [3.63, 3.8) is 0 Å². The maximum absolute atomic E-state index is 13.7. The van der Waals surface area contributed by atoms with Crippen LogP contribution in [0.2, 0.25) is 0 Å². The zero-order valence-corrected chi connectivity index (χ0v) is 24.7. The summed E-state index contributed by atoms with van der Waals surface area (Å²) in [6, 6.07) is 8.68. The summed E-state index contributed by atoms with van der Waals surface area (Å²) in [6.45, 7) is 10.3. The van der Waals surface area contributed by atoms with Gasteiger partial charge in [0.1, 0.15) is 30.5 Å². The number of aryl methyl sites for hydroxylation is 1. The van der Waals surface area contributed by atoms with Gasteiger partial charge in [0.25, 0.3) is 5.78 Å². The number of aromatic nitrogens is 1. The monoisotopic (exact) mass is 606 g/mol. The first-order chi connectivity index (χ1) is 20.8. The van der Waals surface area contributed by atoms with E-state index in [0.29, 0.717) is 60.7 Å². The van der Waals surface area contributed by atoms with Crippen LogP contribution >= 0.6 is 11.3 Å². The summed E-state index contributed by atoms with van der Waals surface area (Å²) in [5, 5.41) is 11.7. The van der Waals surface area contributed by atoms with E-state index in [4.69, 9.17) is 23.7 Å². The largest absolute Gasteiger partial charge is 0.507 e. The molecule has 3 aromatic rings. The first kappa shape index (κ1) is 29.6. The van der Waals surface area contributed by atoms with Crippen LogP contribution in [0.5, 0.6) is 23.0 Å². The number of carbonyl (C=O) groups is 3. The van der Waals surface area contributed by atoms with Crippen molar-refractivity contribution >= 4 is 39.9 Å². The van der Waals surface area contributed by atoms with Crippen molar-refractivity contribution in [3.8, 4) is 23.0 Å². The van der Waals surface area contributed by atoms with Crippen molar-refractivity contribution in [1.29, 1.82) is 0 Å². The lowest BCUT2D eigenvalue weighted by molar-refractivity contribution is -0.132. The van der Waals surface area contributed by atoms with Crippen LogP contribution in [0.4, 0.5) is 5.13 Å². The SMILES string of the molecule is C=CCOC(=O)c1sc(N2C(=O)C(=O)/C(=C(\O)c3ccc4c(c3)OCCO4)C2c2ccc(OCC)c(OCC)c2)nc1C. The molecule has 3 heterocycles. The van der Waals surface area contributed by atoms with Gasteiger partial charge in [-0.1, -0.05) is 30.1 Å². The van der Waals surface area contributed by atoms with E-state index < -0.39 is 29.5 Å². The number of esters is 1. The van der Waals surface area contributed by atoms with Gasteiger partial charge in [0, 0.05) is 5.56 Å². The molecule has 11 nitrogen and oxygen atoms in total. The molecule has 5 rings (SSSR count). The molecule has 43 heavy (non-hydrogen) atoms. The molecule has 1 atom stereocenters. The zero-order valence-electron chi connectivity index (χ0n) is 23.9. The molecule has 2 aliphatic rings. The number of hydrogen-bond acceptors (Lipinski definition) is 11. The van der Waals surface area contributed by atoms with Crippen molar-refractivity contribution in [1.82, 2.24) is 4.98 Å². The van der Waals surface area contributed by atoms with Crippen LogP contribution in [0.15, 0.2) is 54.6 Å². The van der Waals surface area contributed by atoms with E-state index in [1.54, 1.807) is 43.3 Å². The van der Waals surface area contributed by atoms with Crippen molar-refractivity contribution < 1.29 is 43.2 Å². The first-order valence-electron chi connectivity index (χ1n) is 13.6. The molecule has 1 saturated heterocycles. The summed E-state index contributed by atoms with van der Waals surface area (Å²) < 4.78 is 27.9. The Kier molecular flexibility index (Phi) is 8.67. The van der Waals surface area contributed by atoms with E-state index in [1.807, 2.05) is 13.8 Å². The van der Waals surface area contributed by atoms with Crippen LogP contribution in [-0.4, -0.2) is 60.8 Å². The van der Waals surface area contributed by atoms with E-state index in [9.17, 15) is 19.5 Å². The second-order valence-electron chi connectivity index (χ2n) is 9.40. The minimum Gasteiger partial charge on any atom is -0.507 e. The summed E-state index contributed by atoms with van der Waals surface area (Å²) in [5.74, 6) is -1.10. The van der Waals surface area contributed by atoms with Crippen LogP contribution in [0, 0.1) is 6.92 Å². The van der Waals surface area contributed by atoms with Gasteiger partial charge in [-0.05, 0) is 56.7 Å². The number of benzene rings is 2. The molecular weight excluding hydrogens is 576 g/mol. The second kappa shape index (κ2) is 12.6. The van der Waals surface area contributed by atoms with Crippen molar-refractivity contribution in [2.45, 2.75) is 26.8 Å². The molecular formula is C31H30N2O9S. The Morgan fingerprint density at radius 2 is 1.81 bits per heavy atom. The van der Waals surface area contributed by atoms with E-state index in [1.165, 1.54) is 11.0 Å². The van der Waals surface area contributed by atoms with Gasteiger partial charge in [-0.2, -0.15) is 0 Å². The number of ether oxygens (including phenoxy) is 5. The maximum atomic E-state index is 13.7. The number of aliphatic hydroxyl groups is 1. The fourth-order valence-corrected chi connectivity index (χ4v) is 5.79. The van der Waals surface area contributed by atoms with Gasteiger partial charge in [-0.25, -0.2) is 9.78 Å². The number of carbonyl (C=O) groups excluding carboxylic acids is 3. The van der Waals surface area contributed by atoms with Crippen LogP contribution in [0.25, 0.3) is 5.76 Å². The molecule has 0 spiro atoms. The minimum absolute atomic E-state index is 0.00205. The van der Waals surface area contributed by atoms with Gasteiger partial charge in [-0.3, -0.25) is 14.5 Å². The Balaban J connectivity index is 1.68. The highest BCUT2D eigenvalue weighted by atomic mass is 32.1. The molecule has 1 N–H and O–H groups in total. The molecule has 224 valence electrons. The molecule has 1 fully saturated rings. The number of thiazole rings is 1. The topological polar surface area (TPSA) is 134 Å². The molecule has 0 bridgehead atoms. The quantitative estimate of drug-likeness (QED) is 0.111. The first-order valence-corrected chi connectivity index (χ1v) is 14.5. The summed E-state index contributed by atoms with van der Waals surface area (Å²) in [6.07, 6.45) is 1.44. The second-order valence-corrected chi connectivity index (χ2v) is 10.4. The molecule has 0 aliphatic carbocycles. The Morgan fingerprint density at radius 1 is 1.09 bits per heavy atom. The number of fused-ring (bicyclic) bond motifs is 1. The lowest BCUT2D eigenvalue weighted by Crippen LogP contribution is -2.29. The van der Waals surface area contributed by atoms with E-state index in [-0.39, 0.29) is 27.8 Å². The van der Waals surface area contributed by atoms with Gasteiger partial charge in [-0.15, -0.1) is 0 Å². The molecule has 1 aromatic heterocycles. The fourth-order valence-electron chi connectivity index (χ4n) is 4.80. The van der Waals surface area contributed by atoms with Crippen molar-refractivity contribution in [2.75, 3.05) is 37.9 Å². The lowest BCUT2D eigenvalue weighted by Gasteiger charge is -2.24. The third-order valence-electron chi connectivity index (χ3n) is 6.65. The molecule has 1 amide bonds. The Hall–Kier alpha value is -4.84. The van der Waals surface area contributed by atoms with Gasteiger partial charge >= 0.3 is 11.9 Å². The van der Waals surface area contributed by atoms with Gasteiger partial charge in [0.05, 0.1) is 30.5 Å². The number of amides is 1. The number of Topliss-reactive ketones (excluding diaryl/α,β-unsaturated/α-hetero) is 1. The number of anilines is 1. The van der Waals surface area contributed by atoms with Gasteiger partial charge in [0.2, 0.25) is 0 Å². The number of nitrogens with zero attached hydrogens (tertiary/aromatic N) is 2. The highest BCUT2D eigenvalue weighted by Crippen LogP contribution is 2.46. The Labute approximate surface area is 251 Å². The number of rotatable bonds is 10. The molecule has 2 aromatic carbocycles. The smallest absolute Gasteiger partial charge is 0.350 e. The van der Waals surface area contributed by atoms with E-state index >= 15 is 0 Å². The molecule has 0 saturated carbocycles. The van der Waals surface area contributed by atoms with Crippen LogP contribution in [0.1, 0.15) is 46.4 Å². The lowest BCUT2D eigenvalue weighted by atomic mass is 9.95. The van der Waals surface area contributed by atoms with Gasteiger partial charge in [0.15, 0.2) is 28.1 Å². The molecule has 1 unspecified atom stereocenters. The van der Waals surface area contributed by atoms with E-state index in [2.05, 4.69) is 11.6 Å². The summed E-state index contributed by atoms with van der Waals surface area (Å²) in [4.78, 5) is 45.8. The Bertz CT molecular complexity index is 1630. The number of aliphatic hydroxyl groups excluding tert-OH is 1. The van der Waals surface area contributed by atoms with Crippen molar-refractivity contribution in [3.05, 3.63) is 76.3 Å². The normalized spacial score (nSPS) is 17.1. The zero-order chi connectivity index (χ0) is 30.7. The fraction of sp³-hybridized carbons (Fsp3) is 0.290. The van der Waals surface area contributed by atoms with Crippen LogP contribution in [0.3, 0.4) is 0 Å². The predicted octanol–water partition coefficient (Wildman–Crippen LogP) is 4.99. The van der Waals surface area contributed by atoms with Crippen LogP contribution < -0.4 is 23.8 Å². The third kappa shape index (κ3) is 5.65. The highest BCUT2D eigenvalue weighted by Gasteiger charge is 2.48. The maximum Gasteiger partial charge on any atom is 0.350 e. The molecule has 0 radical (unpaired) electrons. The minimum atomic E-state index is -1.12. The third-order valence-corrected chi connectivity index (χ3v) is 7.79. The van der Waals surface area contributed by atoms with Gasteiger partial charge < -0.3 is 28.8 Å². The van der Waals surface area contributed by atoms with E-state index in [0.717, 1.165) is 11.3 Å². The summed E-state index contributed by atoms with van der Waals surface area (Å²) >= 11 is 0.910. The average Bonchev–Trinajstić information content (AvgIpc) is 3.52. The number of ketones is 1. The standard InChI is InChI=1S/C31H30N2O9S/c1-5-12-42-30(37)28-17(4)32-31(43-28)33-25(18-8-10-20(38-6-2)22(15-18)39-7-3)24(27(35)29(33)36)26(34)19-9-11-21-23(16-19)41-14-13-40-21/h5,8-11,15-16,25,34H,1,6-7,12-14H2,2-4H3/b26-24-. The highest BCUT2D eigenvalue weighted by molar-refractivity contribution is 7.17. The summed E-state index contributed by atoms with van der Waals surface area (Å²) in [5.41, 5.74) is 0.862. The molecule has 12 heteroatoms. The number of hydrogen-bond donors (Lipinski definition) is 1. The van der Waals surface area contributed by atoms with Crippen LogP contribution in [-0.2, 0) is 14.3 Å². The Morgan fingerprint density at radius 3 is 2.53 bits per heavy atom. The van der Waals surface area contributed by atoms with Crippen molar-refractivity contribution in [2.24, 2.45) is 0 Å². The summed E-state index contributed by atoms with van der Waals surface area (Å²) in [7, 11) is 0. The predicted molar refractivity (Wildman–Crippen MR) is 158 cm³/mol. The average molecular weight is 607 g/mol.